The Kier molecular flexibility index (Phi) is 22.3. The molecular formula is C26H49NO2. The summed E-state index contributed by atoms with van der Waals surface area (Å²) in [5.74, 6) is 0. The van der Waals surface area contributed by atoms with Gasteiger partial charge in [0, 0.05) is 12.1 Å². The molecule has 0 fully saturated rings. The van der Waals surface area contributed by atoms with Gasteiger partial charge in [-0.05, 0) is 25.7 Å². The number of unbranched alkanes of at least 4 members (excludes halogenated alkanes) is 14. The quantitative estimate of drug-likeness (QED) is 0.139. The zero-order chi connectivity index (χ0) is 21.4. The molecule has 3 nitrogen and oxygen atoms in total. The Morgan fingerprint density at radius 1 is 0.724 bits per heavy atom. The van der Waals surface area contributed by atoms with Crippen molar-refractivity contribution in [3.05, 3.63) is 11.8 Å². The van der Waals surface area contributed by atoms with Crippen LogP contribution in [0.1, 0.15) is 136 Å². The fourth-order valence-corrected chi connectivity index (χ4v) is 3.83. The molecule has 0 saturated carbocycles. The molecule has 1 unspecified atom stereocenters. The fraction of sp³-hybridized carbons (Fsp3) is 0.846. The third-order valence-electron chi connectivity index (χ3n) is 5.63. The molecule has 170 valence electrons. The van der Waals surface area contributed by atoms with E-state index >= 15 is 0 Å². The number of allylic oxidation sites excluding steroid dienone is 2. The van der Waals surface area contributed by atoms with E-state index in [9.17, 15) is 9.59 Å². The molecule has 0 heterocycles. The number of carbonyl (C=O) groups excluding carboxylic acids is 2. The van der Waals surface area contributed by atoms with Crippen molar-refractivity contribution in [2.24, 2.45) is 0 Å². The van der Waals surface area contributed by atoms with Crippen molar-refractivity contribution in [2.45, 2.75) is 142 Å². The number of carbonyl (C=O) groups is 2. The largest absolute Gasteiger partial charge is 0.379 e. The molecule has 0 radical (unpaired) electrons. The van der Waals surface area contributed by atoms with E-state index < -0.39 is 0 Å². The third-order valence-corrected chi connectivity index (χ3v) is 5.63. The first kappa shape index (κ1) is 27.9. The van der Waals surface area contributed by atoms with Crippen LogP contribution in [0.25, 0.3) is 0 Å². The summed E-state index contributed by atoms with van der Waals surface area (Å²) in [6.07, 6.45) is 27.7. The van der Waals surface area contributed by atoms with Gasteiger partial charge in [0.25, 0.3) is 0 Å². The summed E-state index contributed by atoms with van der Waals surface area (Å²) < 4.78 is 0. The van der Waals surface area contributed by atoms with Gasteiger partial charge >= 0.3 is 0 Å². The summed E-state index contributed by atoms with van der Waals surface area (Å²) in [4.78, 5) is 21.7. The van der Waals surface area contributed by atoms with Crippen LogP contribution >= 0.6 is 0 Å². The zero-order valence-corrected chi connectivity index (χ0v) is 19.6. The van der Waals surface area contributed by atoms with Gasteiger partial charge in [0.1, 0.15) is 12.6 Å². The summed E-state index contributed by atoms with van der Waals surface area (Å²) >= 11 is 0. The van der Waals surface area contributed by atoms with Crippen molar-refractivity contribution in [1.29, 1.82) is 0 Å². The van der Waals surface area contributed by atoms with E-state index in [1.807, 2.05) is 0 Å². The van der Waals surface area contributed by atoms with Crippen LogP contribution in [-0.4, -0.2) is 18.6 Å². The number of rotatable bonds is 23. The highest BCUT2D eigenvalue weighted by atomic mass is 16.1. The lowest BCUT2D eigenvalue weighted by Crippen LogP contribution is -2.30. The van der Waals surface area contributed by atoms with E-state index in [-0.39, 0.29) is 6.04 Å². The predicted molar refractivity (Wildman–Crippen MR) is 126 cm³/mol. The van der Waals surface area contributed by atoms with Gasteiger partial charge in [-0.15, -0.1) is 0 Å². The minimum Gasteiger partial charge on any atom is -0.379 e. The lowest BCUT2D eigenvalue weighted by Gasteiger charge is -2.16. The fourth-order valence-electron chi connectivity index (χ4n) is 3.83. The Hall–Kier alpha value is -1.12. The second-order valence-corrected chi connectivity index (χ2v) is 8.47. The average molecular weight is 408 g/mol. The lowest BCUT2D eigenvalue weighted by molar-refractivity contribution is -0.110. The number of hydrogen-bond donors (Lipinski definition) is 1. The maximum absolute atomic E-state index is 11.2. The highest BCUT2D eigenvalue weighted by Gasteiger charge is 2.08. The second-order valence-electron chi connectivity index (χ2n) is 8.47. The molecule has 0 aliphatic carbocycles. The van der Waals surface area contributed by atoms with Gasteiger partial charge in [0.2, 0.25) is 0 Å². The standard InChI is InChI=1S/C26H49NO2/c1-3-5-6-7-8-9-10-11-12-13-14-15-16-17-18-21-25(20-4-2)27-26(24-29)22-19-23-28/h20,23-24,26-27H,3-19,21-22H2,1-2H3/b25-20-. The molecule has 0 spiro atoms. The summed E-state index contributed by atoms with van der Waals surface area (Å²) in [5, 5.41) is 3.32. The monoisotopic (exact) mass is 407 g/mol. The van der Waals surface area contributed by atoms with Crippen LogP contribution in [0.15, 0.2) is 11.8 Å². The molecule has 1 atom stereocenters. The second kappa shape index (κ2) is 23.2. The van der Waals surface area contributed by atoms with Crippen LogP contribution < -0.4 is 5.32 Å². The molecule has 0 amide bonds. The van der Waals surface area contributed by atoms with E-state index in [0.717, 1.165) is 25.4 Å². The van der Waals surface area contributed by atoms with Gasteiger partial charge in [0.15, 0.2) is 0 Å². The summed E-state index contributed by atoms with van der Waals surface area (Å²) in [5.41, 5.74) is 1.17. The lowest BCUT2D eigenvalue weighted by atomic mass is 10.0. The molecule has 0 aromatic heterocycles. The highest BCUT2D eigenvalue weighted by molar-refractivity contribution is 5.59. The maximum atomic E-state index is 11.2. The zero-order valence-electron chi connectivity index (χ0n) is 19.6. The van der Waals surface area contributed by atoms with Crippen molar-refractivity contribution in [3.8, 4) is 0 Å². The molecule has 1 N–H and O–H groups in total. The summed E-state index contributed by atoms with van der Waals surface area (Å²) in [6.45, 7) is 4.40. The van der Waals surface area contributed by atoms with E-state index in [4.69, 9.17) is 0 Å². The summed E-state index contributed by atoms with van der Waals surface area (Å²) in [6, 6.07) is -0.227. The van der Waals surface area contributed by atoms with Crippen LogP contribution in [0.2, 0.25) is 0 Å². The van der Waals surface area contributed by atoms with Crippen LogP contribution in [-0.2, 0) is 9.59 Å². The SMILES string of the molecule is CC/C=C(/CCCCCCCCCCCCCCCCC)NC(C=O)CCC=O. The number of aldehydes is 2. The first-order valence-corrected chi connectivity index (χ1v) is 12.6. The number of nitrogens with one attached hydrogen (secondary N) is 1. The smallest absolute Gasteiger partial charge is 0.142 e. The molecule has 3 heteroatoms. The Bertz CT molecular complexity index is 392. The third kappa shape index (κ3) is 19.9. The van der Waals surface area contributed by atoms with Gasteiger partial charge in [-0.1, -0.05) is 110 Å². The maximum Gasteiger partial charge on any atom is 0.142 e. The molecule has 0 aromatic carbocycles. The average Bonchev–Trinajstić information content (AvgIpc) is 2.73. The molecule has 0 saturated heterocycles. The summed E-state index contributed by atoms with van der Waals surface area (Å²) in [7, 11) is 0. The predicted octanol–water partition coefficient (Wildman–Crippen LogP) is 7.68. The Morgan fingerprint density at radius 3 is 1.62 bits per heavy atom. The van der Waals surface area contributed by atoms with Crippen molar-refractivity contribution in [3.63, 3.8) is 0 Å². The highest BCUT2D eigenvalue weighted by Crippen LogP contribution is 2.15. The van der Waals surface area contributed by atoms with E-state index in [2.05, 4.69) is 25.2 Å². The normalized spacial score (nSPS) is 12.7. The van der Waals surface area contributed by atoms with E-state index in [0.29, 0.717) is 12.8 Å². The van der Waals surface area contributed by atoms with Gasteiger partial charge in [-0.2, -0.15) is 0 Å². The number of hydrogen-bond acceptors (Lipinski definition) is 3. The first-order chi connectivity index (χ1) is 14.3. The Labute approximate surface area is 181 Å². The van der Waals surface area contributed by atoms with Crippen molar-refractivity contribution in [1.82, 2.24) is 5.32 Å². The molecule has 0 aromatic rings. The molecule has 0 aliphatic heterocycles. The Balaban J connectivity index is 3.55. The molecular weight excluding hydrogens is 358 g/mol. The van der Waals surface area contributed by atoms with Crippen molar-refractivity contribution >= 4 is 12.6 Å². The van der Waals surface area contributed by atoms with Gasteiger partial charge < -0.3 is 14.9 Å². The molecule has 0 aliphatic rings. The molecule has 29 heavy (non-hydrogen) atoms. The molecule has 0 bridgehead atoms. The van der Waals surface area contributed by atoms with E-state index in [1.165, 1.54) is 102 Å². The minimum atomic E-state index is -0.227. The molecule has 0 rings (SSSR count). The Morgan fingerprint density at radius 2 is 1.21 bits per heavy atom. The van der Waals surface area contributed by atoms with Gasteiger partial charge in [-0.3, -0.25) is 0 Å². The van der Waals surface area contributed by atoms with E-state index in [1.54, 1.807) is 0 Å². The van der Waals surface area contributed by atoms with Crippen molar-refractivity contribution in [2.75, 3.05) is 0 Å². The van der Waals surface area contributed by atoms with Crippen LogP contribution in [0.3, 0.4) is 0 Å². The van der Waals surface area contributed by atoms with Crippen LogP contribution in [0, 0.1) is 0 Å². The van der Waals surface area contributed by atoms with Crippen molar-refractivity contribution < 1.29 is 9.59 Å². The minimum absolute atomic E-state index is 0.227. The topological polar surface area (TPSA) is 46.2 Å². The van der Waals surface area contributed by atoms with Crippen LogP contribution in [0.5, 0.6) is 0 Å². The van der Waals surface area contributed by atoms with Gasteiger partial charge in [-0.25, -0.2) is 0 Å². The van der Waals surface area contributed by atoms with Crippen LogP contribution in [0.4, 0.5) is 0 Å². The van der Waals surface area contributed by atoms with Gasteiger partial charge in [0.05, 0.1) is 6.04 Å². The first-order valence-electron chi connectivity index (χ1n) is 12.6.